The van der Waals surface area contributed by atoms with E-state index in [0.717, 1.165) is 18.4 Å². The lowest BCUT2D eigenvalue weighted by Gasteiger charge is -2.46. The van der Waals surface area contributed by atoms with Crippen LogP contribution in [0.4, 0.5) is 0 Å². The van der Waals surface area contributed by atoms with E-state index >= 15 is 0 Å². The number of aliphatic hydroxyl groups excluding tert-OH is 1. The van der Waals surface area contributed by atoms with Crippen molar-refractivity contribution in [3.8, 4) is 0 Å². The van der Waals surface area contributed by atoms with E-state index in [9.17, 15) is 19.9 Å². The average Bonchev–Trinajstić information content (AvgIpc) is 3.51. The van der Waals surface area contributed by atoms with Gasteiger partial charge in [0.15, 0.2) is 0 Å². The van der Waals surface area contributed by atoms with Crippen LogP contribution in [0.2, 0.25) is 0 Å². The molecule has 5 heterocycles. The van der Waals surface area contributed by atoms with Crippen molar-refractivity contribution in [2.75, 3.05) is 19.7 Å². The number of ether oxygens (including phenoxy) is 1. The van der Waals surface area contributed by atoms with E-state index in [1.807, 2.05) is 15.9 Å². The Bertz CT molecular complexity index is 1040. The Kier molecular flexibility index (Phi) is 3.91. The highest BCUT2D eigenvalue weighted by atomic mass is 16.5. The standard InChI is InChI=1S/C22H23N3O6/c26-18-10-21(28)9-16-20(27)24(11-14-3-1-5-30-14)12-17-13(7-15(18)23-29)8-22(21,25(16)17)19-4-2-6-31-19/h2,4,6-8,10,14,16-17,26,28H,1,3,5,9,11-12H2/b15-7-,18-10+/t14?,16-,17-,21?,22?/m0/s1. The first kappa shape index (κ1) is 19.0. The first-order valence-corrected chi connectivity index (χ1v) is 10.6. The molecule has 3 unspecified atom stereocenters. The molecule has 0 saturated carbocycles. The van der Waals surface area contributed by atoms with Crippen LogP contribution in [0.1, 0.15) is 25.0 Å². The van der Waals surface area contributed by atoms with Gasteiger partial charge in [-0.25, -0.2) is 0 Å². The smallest absolute Gasteiger partial charge is 0.240 e. The van der Waals surface area contributed by atoms with Gasteiger partial charge in [0, 0.05) is 26.1 Å². The highest BCUT2D eigenvalue weighted by Crippen LogP contribution is 2.59. The summed E-state index contributed by atoms with van der Waals surface area (Å²) in [6.07, 6.45) is 8.16. The second-order valence-electron chi connectivity index (χ2n) is 8.98. The predicted octanol–water partition coefficient (Wildman–Crippen LogP) is 1.72. The van der Waals surface area contributed by atoms with E-state index in [0.29, 0.717) is 25.5 Å². The minimum Gasteiger partial charge on any atom is -0.506 e. The zero-order valence-electron chi connectivity index (χ0n) is 16.8. The van der Waals surface area contributed by atoms with E-state index in [-0.39, 0.29) is 30.2 Å². The monoisotopic (exact) mass is 425 g/mol. The Morgan fingerprint density at radius 1 is 1.29 bits per heavy atom. The molecule has 162 valence electrons. The summed E-state index contributed by atoms with van der Waals surface area (Å²) in [6, 6.07) is 2.62. The highest BCUT2D eigenvalue weighted by molar-refractivity contribution is 5.85. The van der Waals surface area contributed by atoms with Gasteiger partial charge in [-0.3, -0.25) is 9.69 Å². The molecule has 6 rings (SSSR count). The van der Waals surface area contributed by atoms with Crippen LogP contribution in [-0.2, 0) is 15.1 Å². The number of piperazine rings is 1. The third-order valence-corrected chi connectivity index (χ3v) is 7.38. The second-order valence-corrected chi connectivity index (χ2v) is 8.98. The molecule has 4 aliphatic heterocycles. The zero-order valence-corrected chi connectivity index (χ0v) is 16.8. The molecule has 0 radical (unpaired) electrons. The summed E-state index contributed by atoms with van der Waals surface area (Å²) in [5, 5.41) is 25.4. The van der Waals surface area contributed by atoms with E-state index in [1.54, 1.807) is 18.2 Å². The molecule has 3 fully saturated rings. The lowest BCUT2D eigenvalue weighted by Crippen LogP contribution is -2.63. The highest BCUT2D eigenvalue weighted by Gasteiger charge is 2.71. The predicted molar refractivity (Wildman–Crippen MR) is 108 cm³/mol. The van der Waals surface area contributed by atoms with Crippen LogP contribution < -0.4 is 0 Å². The summed E-state index contributed by atoms with van der Waals surface area (Å²) in [5.74, 6) is 0.0155. The van der Waals surface area contributed by atoms with Crippen LogP contribution in [0.25, 0.3) is 0 Å². The summed E-state index contributed by atoms with van der Waals surface area (Å²) in [7, 11) is 0. The maximum atomic E-state index is 13.5. The van der Waals surface area contributed by atoms with Crippen molar-refractivity contribution >= 4 is 5.91 Å². The van der Waals surface area contributed by atoms with Gasteiger partial charge < -0.3 is 24.3 Å². The lowest BCUT2D eigenvalue weighted by molar-refractivity contribution is -0.146. The van der Waals surface area contributed by atoms with Crippen molar-refractivity contribution < 1.29 is 24.2 Å². The van der Waals surface area contributed by atoms with Crippen molar-refractivity contribution in [3.05, 3.63) is 64.3 Å². The summed E-state index contributed by atoms with van der Waals surface area (Å²) >= 11 is 0. The molecule has 5 atom stereocenters. The molecule has 31 heavy (non-hydrogen) atoms. The van der Waals surface area contributed by atoms with E-state index < -0.39 is 22.9 Å². The molecule has 1 aliphatic carbocycles. The Morgan fingerprint density at radius 2 is 2.16 bits per heavy atom. The molecule has 2 N–H and O–H groups in total. The number of hydrogen-bond donors (Lipinski definition) is 2. The lowest BCUT2D eigenvalue weighted by atomic mass is 9.76. The molecule has 9 heteroatoms. The summed E-state index contributed by atoms with van der Waals surface area (Å²) in [5.41, 5.74) is -2.25. The van der Waals surface area contributed by atoms with Gasteiger partial charge in [0.05, 0.1) is 24.5 Å². The largest absolute Gasteiger partial charge is 0.506 e. The number of carbonyl (C=O) groups excluding carboxylic acids is 1. The van der Waals surface area contributed by atoms with E-state index in [4.69, 9.17) is 9.15 Å². The van der Waals surface area contributed by atoms with Gasteiger partial charge in [-0.05, 0) is 54.0 Å². The molecular weight excluding hydrogens is 402 g/mol. The number of amides is 1. The van der Waals surface area contributed by atoms with Crippen LogP contribution >= 0.6 is 0 Å². The topological polar surface area (TPSA) is 116 Å². The number of carbonyl (C=O) groups is 1. The number of rotatable bonds is 4. The van der Waals surface area contributed by atoms with E-state index in [2.05, 4.69) is 5.18 Å². The quantitative estimate of drug-likeness (QED) is 0.706. The van der Waals surface area contributed by atoms with Crippen LogP contribution in [0.15, 0.2) is 63.2 Å². The molecule has 2 bridgehead atoms. The number of furan rings is 1. The minimum atomic E-state index is -1.67. The molecule has 0 aromatic carbocycles. The normalized spacial score (nSPS) is 42.5. The van der Waals surface area contributed by atoms with Crippen LogP contribution in [0.3, 0.4) is 0 Å². The van der Waals surface area contributed by atoms with Crippen LogP contribution in [0, 0.1) is 4.91 Å². The number of aliphatic hydroxyl groups is 2. The van der Waals surface area contributed by atoms with Gasteiger partial charge in [0.25, 0.3) is 0 Å². The molecule has 1 aromatic rings. The molecule has 1 aromatic heterocycles. The fourth-order valence-electron chi connectivity index (χ4n) is 6.11. The van der Waals surface area contributed by atoms with Gasteiger partial charge in [-0.2, -0.15) is 0 Å². The van der Waals surface area contributed by atoms with Crippen molar-refractivity contribution in [2.45, 2.75) is 48.6 Å². The summed E-state index contributed by atoms with van der Waals surface area (Å²) < 4.78 is 11.5. The van der Waals surface area contributed by atoms with Gasteiger partial charge in [0.1, 0.15) is 28.4 Å². The van der Waals surface area contributed by atoms with Gasteiger partial charge in [-0.15, -0.1) is 4.91 Å². The molecule has 5 aliphatic rings. The van der Waals surface area contributed by atoms with Crippen molar-refractivity contribution in [2.24, 2.45) is 5.18 Å². The summed E-state index contributed by atoms with van der Waals surface area (Å²) in [6.45, 7) is 1.60. The average molecular weight is 425 g/mol. The number of nitroso groups, excluding NO2 is 1. The Balaban J connectivity index is 1.51. The van der Waals surface area contributed by atoms with Gasteiger partial charge >= 0.3 is 0 Å². The Labute approximate surface area is 178 Å². The zero-order chi connectivity index (χ0) is 21.4. The number of fused-ring (bicyclic) bond motifs is 1. The maximum absolute atomic E-state index is 13.5. The molecule has 1 amide bonds. The number of hydrogen-bond acceptors (Lipinski definition) is 8. The fourth-order valence-corrected chi connectivity index (χ4v) is 6.11. The Hall–Kier alpha value is -2.75. The van der Waals surface area contributed by atoms with Crippen LogP contribution in [0.5, 0.6) is 0 Å². The fraction of sp³-hybridized carbons (Fsp3) is 0.500. The van der Waals surface area contributed by atoms with Gasteiger partial charge in [0.2, 0.25) is 5.91 Å². The first-order chi connectivity index (χ1) is 15.0. The third-order valence-electron chi connectivity index (χ3n) is 7.38. The number of nitrogens with zero attached hydrogens (tertiary/aromatic N) is 3. The van der Waals surface area contributed by atoms with Crippen LogP contribution in [-0.4, -0.2) is 69.4 Å². The summed E-state index contributed by atoms with van der Waals surface area (Å²) in [4.78, 5) is 28.8. The molecular formula is C22H23N3O6. The van der Waals surface area contributed by atoms with E-state index in [1.165, 1.54) is 12.3 Å². The van der Waals surface area contributed by atoms with Crippen molar-refractivity contribution in [3.63, 3.8) is 0 Å². The van der Waals surface area contributed by atoms with Gasteiger partial charge in [-0.1, -0.05) is 0 Å². The molecule has 9 nitrogen and oxygen atoms in total. The van der Waals surface area contributed by atoms with Crippen molar-refractivity contribution in [1.82, 2.24) is 9.80 Å². The van der Waals surface area contributed by atoms with Crippen molar-refractivity contribution in [1.29, 1.82) is 0 Å². The minimum absolute atomic E-state index is 0.0130. The SMILES string of the molecule is O=NC1=C\C2=CC3(c4ccco4)N4[C@@H](CC3(O)/C=C\1O)C(=O)N(CC1CCCO1)C[C@@H]24. The Morgan fingerprint density at radius 3 is 2.87 bits per heavy atom. The maximum Gasteiger partial charge on any atom is 0.240 e. The molecule has 0 spiro atoms. The first-order valence-electron chi connectivity index (χ1n) is 10.6. The second kappa shape index (κ2) is 6.38. The molecule has 3 saturated heterocycles. The third kappa shape index (κ3) is 2.39.